The Balaban J connectivity index is 1.96. The van der Waals surface area contributed by atoms with Gasteiger partial charge in [-0.2, -0.15) is 0 Å². The summed E-state index contributed by atoms with van der Waals surface area (Å²) in [6.45, 7) is 7.65. The molecule has 0 radical (unpaired) electrons. The van der Waals surface area contributed by atoms with Gasteiger partial charge in [0.15, 0.2) is 5.78 Å². The highest BCUT2D eigenvalue weighted by Gasteiger charge is 2.14. The van der Waals surface area contributed by atoms with Crippen LogP contribution in [-0.2, 0) is 17.9 Å². The summed E-state index contributed by atoms with van der Waals surface area (Å²) in [7, 11) is 0. The molecule has 4 heteroatoms. The van der Waals surface area contributed by atoms with Gasteiger partial charge in [0.1, 0.15) is 6.61 Å². The average Bonchev–Trinajstić information content (AvgIpc) is 2.98. The number of rotatable bonds is 6. The lowest BCUT2D eigenvalue weighted by Gasteiger charge is -2.06. The molecule has 0 spiro atoms. The highest BCUT2D eigenvalue weighted by Crippen LogP contribution is 2.16. The lowest BCUT2D eigenvalue weighted by atomic mass is 10.1. The third-order valence-electron chi connectivity index (χ3n) is 3.25. The lowest BCUT2D eigenvalue weighted by molar-refractivity contribution is 0.0730. The number of nitrogens with zero attached hydrogens (tertiary/aromatic N) is 1. The first-order valence-corrected chi connectivity index (χ1v) is 7.31. The standard InChI is InChI=1S/C15H19NO2S/c1-4-16-11(2)8-14(12(16)3)15(17)10-18-9-13-6-5-7-19-13/h5-8H,4,9-10H2,1-3H3. The van der Waals surface area contributed by atoms with E-state index in [1.165, 1.54) is 0 Å². The van der Waals surface area contributed by atoms with Crippen LogP contribution in [0.4, 0.5) is 0 Å². The molecule has 102 valence electrons. The van der Waals surface area contributed by atoms with E-state index in [4.69, 9.17) is 4.74 Å². The van der Waals surface area contributed by atoms with Gasteiger partial charge in [-0.05, 0) is 38.3 Å². The number of ether oxygens (including phenoxy) is 1. The Hall–Kier alpha value is -1.39. The van der Waals surface area contributed by atoms with Crippen molar-refractivity contribution in [2.24, 2.45) is 0 Å². The van der Waals surface area contributed by atoms with E-state index in [0.717, 1.165) is 28.4 Å². The molecular weight excluding hydrogens is 258 g/mol. The fraction of sp³-hybridized carbons (Fsp3) is 0.400. The zero-order chi connectivity index (χ0) is 13.8. The number of carbonyl (C=O) groups is 1. The van der Waals surface area contributed by atoms with Gasteiger partial charge < -0.3 is 9.30 Å². The SMILES string of the molecule is CCn1c(C)cc(C(=O)COCc2cccs2)c1C. The molecule has 3 nitrogen and oxygen atoms in total. The van der Waals surface area contributed by atoms with Crippen LogP contribution in [0.2, 0.25) is 0 Å². The summed E-state index contributed by atoms with van der Waals surface area (Å²) in [5, 5.41) is 2.01. The molecule has 0 saturated heterocycles. The predicted octanol–water partition coefficient (Wildman–Crippen LogP) is 3.59. The fourth-order valence-corrected chi connectivity index (χ4v) is 2.93. The van der Waals surface area contributed by atoms with E-state index >= 15 is 0 Å². The van der Waals surface area contributed by atoms with Gasteiger partial charge in [-0.25, -0.2) is 0 Å². The largest absolute Gasteiger partial charge is 0.368 e. The van der Waals surface area contributed by atoms with Gasteiger partial charge >= 0.3 is 0 Å². The predicted molar refractivity (Wildman–Crippen MR) is 77.9 cm³/mol. The van der Waals surface area contributed by atoms with Crippen molar-refractivity contribution in [3.05, 3.63) is 45.4 Å². The molecule has 2 heterocycles. The van der Waals surface area contributed by atoms with Crippen LogP contribution in [0.3, 0.4) is 0 Å². The maximum Gasteiger partial charge on any atom is 0.190 e. The summed E-state index contributed by atoms with van der Waals surface area (Å²) in [6, 6.07) is 5.95. The summed E-state index contributed by atoms with van der Waals surface area (Å²) in [5.41, 5.74) is 2.94. The van der Waals surface area contributed by atoms with Crippen LogP contribution in [-0.4, -0.2) is 17.0 Å². The molecule has 0 fully saturated rings. The molecule has 0 unspecified atom stereocenters. The minimum atomic E-state index is 0.0596. The van der Waals surface area contributed by atoms with Gasteiger partial charge in [-0.3, -0.25) is 4.79 Å². The van der Waals surface area contributed by atoms with Crippen molar-refractivity contribution in [1.82, 2.24) is 4.57 Å². The number of aryl methyl sites for hydroxylation is 1. The van der Waals surface area contributed by atoms with Crippen molar-refractivity contribution in [2.45, 2.75) is 33.9 Å². The molecule has 2 aromatic rings. The summed E-state index contributed by atoms with van der Waals surface area (Å²) in [5.74, 6) is 0.0596. The van der Waals surface area contributed by atoms with Gasteiger partial charge in [0.2, 0.25) is 0 Å². The van der Waals surface area contributed by atoms with Gasteiger partial charge in [0, 0.05) is 28.4 Å². The molecule has 0 aliphatic carbocycles. The van der Waals surface area contributed by atoms with E-state index in [1.807, 2.05) is 37.4 Å². The smallest absolute Gasteiger partial charge is 0.190 e. The first-order chi connectivity index (χ1) is 9.13. The highest BCUT2D eigenvalue weighted by molar-refractivity contribution is 7.09. The monoisotopic (exact) mass is 277 g/mol. The van der Waals surface area contributed by atoms with E-state index < -0.39 is 0 Å². The zero-order valence-electron chi connectivity index (χ0n) is 11.6. The Morgan fingerprint density at radius 3 is 2.79 bits per heavy atom. The molecule has 0 N–H and O–H groups in total. The molecule has 0 aliphatic rings. The minimum Gasteiger partial charge on any atom is -0.368 e. The highest BCUT2D eigenvalue weighted by atomic mass is 32.1. The number of hydrogen-bond donors (Lipinski definition) is 0. The fourth-order valence-electron chi connectivity index (χ4n) is 2.29. The molecule has 0 atom stereocenters. The molecule has 0 amide bonds. The van der Waals surface area contributed by atoms with Gasteiger partial charge in [0.05, 0.1) is 6.61 Å². The topological polar surface area (TPSA) is 31.2 Å². The van der Waals surface area contributed by atoms with Crippen LogP contribution in [0.5, 0.6) is 0 Å². The van der Waals surface area contributed by atoms with E-state index in [0.29, 0.717) is 6.61 Å². The average molecular weight is 277 g/mol. The van der Waals surface area contributed by atoms with E-state index in [2.05, 4.69) is 11.5 Å². The van der Waals surface area contributed by atoms with Crippen LogP contribution in [0.25, 0.3) is 0 Å². The maximum atomic E-state index is 12.1. The second-order valence-corrected chi connectivity index (χ2v) is 5.56. The zero-order valence-corrected chi connectivity index (χ0v) is 12.4. The summed E-state index contributed by atoms with van der Waals surface area (Å²) in [4.78, 5) is 13.3. The number of carbonyl (C=O) groups excluding carboxylic acids is 1. The van der Waals surface area contributed by atoms with Crippen molar-refractivity contribution < 1.29 is 9.53 Å². The second-order valence-electron chi connectivity index (χ2n) is 4.52. The number of Topliss-reactive ketones (excluding diaryl/α,β-unsaturated/α-hetero) is 1. The van der Waals surface area contributed by atoms with Crippen LogP contribution in [0.15, 0.2) is 23.6 Å². The van der Waals surface area contributed by atoms with Crippen molar-refractivity contribution in [3.8, 4) is 0 Å². The second kappa shape index (κ2) is 6.17. The number of thiophene rings is 1. The Bertz CT molecular complexity index is 555. The van der Waals surface area contributed by atoms with Crippen LogP contribution in [0.1, 0.15) is 33.5 Å². The Morgan fingerprint density at radius 1 is 1.42 bits per heavy atom. The maximum absolute atomic E-state index is 12.1. The van der Waals surface area contributed by atoms with Crippen molar-refractivity contribution in [2.75, 3.05) is 6.61 Å². The number of hydrogen-bond acceptors (Lipinski definition) is 3. The first-order valence-electron chi connectivity index (χ1n) is 6.43. The van der Waals surface area contributed by atoms with E-state index in [1.54, 1.807) is 11.3 Å². The summed E-state index contributed by atoms with van der Waals surface area (Å²) >= 11 is 1.64. The third kappa shape index (κ3) is 3.14. The van der Waals surface area contributed by atoms with Gasteiger partial charge in [-0.15, -0.1) is 11.3 Å². The Morgan fingerprint density at radius 2 is 2.21 bits per heavy atom. The van der Waals surface area contributed by atoms with Gasteiger partial charge in [0.25, 0.3) is 0 Å². The number of aromatic nitrogens is 1. The summed E-state index contributed by atoms with van der Waals surface area (Å²) < 4.78 is 7.63. The summed E-state index contributed by atoms with van der Waals surface area (Å²) in [6.07, 6.45) is 0. The van der Waals surface area contributed by atoms with Crippen molar-refractivity contribution in [3.63, 3.8) is 0 Å². The molecule has 2 aromatic heterocycles. The Labute approximate surface area is 117 Å². The van der Waals surface area contributed by atoms with Crippen LogP contribution < -0.4 is 0 Å². The molecular formula is C15H19NO2S. The van der Waals surface area contributed by atoms with Gasteiger partial charge in [-0.1, -0.05) is 6.07 Å². The quantitative estimate of drug-likeness (QED) is 0.756. The minimum absolute atomic E-state index is 0.0596. The van der Waals surface area contributed by atoms with Crippen LogP contribution >= 0.6 is 11.3 Å². The lowest BCUT2D eigenvalue weighted by Crippen LogP contribution is -2.10. The normalized spacial score (nSPS) is 10.9. The molecule has 2 rings (SSSR count). The van der Waals surface area contributed by atoms with Crippen molar-refractivity contribution >= 4 is 17.1 Å². The molecule has 0 bridgehead atoms. The Kier molecular flexibility index (Phi) is 4.56. The number of ketones is 1. The molecule has 0 aromatic carbocycles. The first kappa shape index (κ1) is 14.0. The van der Waals surface area contributed by atoms with Crippen LogP contribution in [0, 0.1) is 13.8 Å². The molecule has 0 aliphatic heterocycles. The third-order valence-corrected chi connectivity index (χ3v) is 4.10. The van der Waals surface area contributed by atoms with E-state index in [-0.39, 0.29) is 12.4 Å². The van der Waals surface area contributed by atoms with Crippen molar-refractivity contribution in [1.29, 1.82) is 0 Å². The molecule has 0 saturated carbocycles. The van der Waals surface area contributed by atoms with E-state index in [9.17, 15) is 4.79 Å². The molecule has 19 heavy (non-hydrogen) atoms.